The largest absolute Gasteiger partial charge is 0.497 e. The first-order valence-corrected chi connectivity index (χ1v) is 21.3. The van der Waals surface area contributed by atoms with Gasteiger partial charge in [-0.05, 0) is 91.0 Å². The van der Waals surface area contributed by atoms with Gasteiger partial charge < -0.3 is 38.9 Å². The Morgan fingerprint density at radius 2 is 1.69 bits per heavy atom. The number of hydrogen-bond donors (Lipinski definition) is 2. The summed E-state index contributed by atoms with van der Waals surface area (Å²) in [6.07, 6.45) is 11.8. The molecule has 0 saturated heterocycles. The molecular formula is C49H62N2O8. The zero-order valence-corrected chi connectivity index (χ0v) is 34.8. The molecule has 6 atom stereocenters. The van der Waals surface area contributed by atoms with Crippen LogP contribution in [0.1, 0.15) is 80.9 Å². The second kappa shape index (κ2) is 21.4. The molecule has 1 heterocycles. The average molecular weight is 807 g/mol. The summed E-state index contributed by atoms with van der Waals surface area (Å²) in [5.74, 6) is 0.380. The van der Waals surface area contributed by atoms with E-state index < -0.39 is 17.7 Å². The fourth-order valence-corrected chi connectivity index (χ4v) is 9.41. The number of unbranched alkanes of at least 4 members (excludes halogenated alkanes) is 2. The number of oxime groups is 1. The van der Waals surface area contributed by atoms with E-state index in [1.165, 1.54) is 0 Å². The maximum atomic E-state index is 14.9. The molecule has 1 amide bonds. The summed E-state index contributed by atoms with van der Waals surface area (Å²) >= 11 is 0. The topological polar surface area (TPSA) is 119 Å². The minimum absolute atomic E-state index is 0.0556. The monoisotopic (exact) mass is 806 g/mol. The van der Waals surface area contributed by atoms with Crippen molar-refractivity contribution in [1.29, 1.82) is 0 Å². The summed E-state index contributed by atoms with van der Waals surface area (Å²) in [6, 6.07) is 23.0. The van der Waals surface area contributed by atoms with Crippen LogP contribution in [0.5, 0.6) is 17.2 Å². The molecule has 59 heavy (non-hydrogen) atoms. The normalized spacial score (nSPS) is 23.6. The van der Waals surface area contributed by atoms with E-state index in [1.807, 2.05) is 71.6 Å². The standard InChI is InChI=1S/C49H62N2O8/c1-5-24-51(46(54)30-36-18-15-20-38(29-36)55-4)45-33-43(50-58-34-35-16-9-8-10-17-35)41-31-37(19-11-13-25-52)40(21-12-14-26-53)47-42-32-39(56-27-6-2)22-23-44(42)59-49(45,48(41)47)57-28-7-3/h6-10,15-18,20,22-23,29,31-32,37,40,45,47-48,52-53H,2-3,5,11-14,19,21,24-28,30,33-34H2,1,4H3/t37-,40+,45-,47+,48+,49+/m0/s1. The molecule has 0 radical (unpaired) electrons. The summed E-state index contributed by atoms with van der Waals surface area (Å²) in [4.78, 5) is 23.0. The molecule has 0 unspecified atom stereocenters. The number of methoxy groups -OCH3 is 1. The molecule has 1 saturated carbocycles. The number of hydrogen-bond acceptors (Lipinski definition) is 9. The lowest BCUT2D eigenvalue weighted by molar-refractivity contribution is -0.257. The second-order valence-corrected chi connectivity index (χ2v) is 15.7. The van der Waals surface area contributed by atoms with Crippen LogP contribution in [-0.2, 0) is 27.4 Å². The van der Waals surface area contributed by atoms with Crippen molar-refractivity contribution in [2.24, 2.45) is 22.9 Å². The molecule has 0 bridgehead atoms. The third-order valence-electron chi connectivity index (χ3n) is 11.9. The Balaban J connectivity index is 1.57. The van der Waals surface area contributed by atoms with Crippen LogP contribution in [0.15, 0.2) is 115 Å². The maximum Gasteiger partial charge on any atom is 0.239 e. The van der Waals surface area contributed by atoms with Gasteiger partial charge in [-0.25, -0.2) is 0 Å². The van der Waals surface area contributed by atoms with E-state index in [0.717, 1.165) is 53.7 Å². The molecule has 3 aromatic rings. The van der Waals surface area contributed by atoms with Gasteiger partial charge in [0.2, 0.25) is 11.7 Å². The highest BCUT2D eigenvalue weighted by atomic mass is 16.7. The van der Waals surface area contributed by atoms with Gasteiger partial charge in [0, 0.05) is 37.7 Å². The van der Waals surface area contributed by atoms with Crippen molar-refractivity contribution in [3.05, 3.63) is 126 Å². The van der Waals surface area contributed by atoms with Crippen LogP contribution < -0.4 is 14.2 Å². The SMILES string of the molecule is C=CCOc1ccc2c(c1)[C@H]1[C@H](CCCCO)[C@@H](CCCCO)C=C3C(=NOCc4ccccc4)C[C@H](N(CCC)C(=O)Cc4cccc(OC)c4)[C@@](OCC=C)(O2)[C@H]31. The van der Waals surface area contributed by atoms with Gasteiger partial charge in [-0.1, -0.05) is 92.2 Å². The molecular weight excluding hydrogens is 745 g/mol. The van der Waals surface area contributed by atoms with E-state index in [0.29, 0.717) is 56.1 Å². The van der Waals surface area contributed by atoms with Crippen molar-refractivity contribution in [2.75, 3.05) is 40.1 Å². The van der Waals surface area contributed by atoms with Crippen LogP contribution in [0.4, 0.5) is 0 Å². The highest BCUT2D eigenvalue weighted by molar-refractivity contribution is 6.03. The zero-order valence-electron chi connectivity index (χ0n) is 34.8. The number of benzene rings is 3. The van der Waals surface area contributed by atoms with Gasteiger partial charge >= 0.3 is 0 Å². The van der Waals surface area contributed by atoms with Crippen LogP contribution in [0.3, 0.4) is 0 Å². The summed E-state index contributed by atoms with van der Waals surface area (Å²) in [6.45, 7) is 11.5. The van der Waals surface area contributed by atoms with Gasteiger partial charge in [-0.3, -0.25) is 4.79 Å². The van der Waals surface area contributed by atoms with Crippen LogP contribution in [0.25, 0.3) is 0 Å². The molecule has 2 N–H and O–H groups in total. The average Bonchev–Trinajstić information content (AvgIpc) is 3.26. The second-order valence-electron chi connectivity index (χ2n) is 15.7. The quantitative estimate of drug-likeness (QED) is 0.0556. The number of nitrogens with zero attached hydrogens (tertiary/aromatic N) is 2. The summed E-state index contributed by atoms with van der Waals surface area (Å²) in [5, 5.41) is 24.8. The highest BCUT2D eigenvalue weighted by Gasteiger charge is 2.65. The molecule has 3 aromatic carbocycles. The summed E-state index contributed by atoms with van der Waals surface area (Å²) in [5.41, 5.74) is 4.62. The Labute approximate surface area is 350 Å². The van der Waals surface area contributed by atoms with E-state index in [4.69, 9.17) is 28.9 Å². The molecule has 1 fully saturated rings. The van der Waals surface area contributed by atoms with Gasteiger partial charge in [0.15, 0.2) is 0 Å². The third-order valence-corrected chi connectivity index (χ3v) is 11.9. The van der Waals surface area contributed by atoms with E-state index in [2.05, 4.69) is 32.2 Å². The fourth-order valence-electron chi connectivity index (χ4n) is 9.41. The summed E-state index contributed by atoms with van der Waals surface area (Å²) in [7, 11) is 1.63. The molecule has 1 aliphatic heterocycles. The van der Waals surface area contributed by atoms with Crippen molar-refractivity contribution in [2.45, 2.75) is 89.1 Å². The van der Waals surface area contributed by atoms with Gasteiger partial charge in [-0.15, -0.1) is 6.58 Å². The lowest BCUT2D eigenvalue weighted by Crippen LogP contribution is -2.70. The predicted molar refractivity (Wildman–Crippen MR) is 231 cm³/mol. The first-order valence-electron chi connectivity index (χ1n) is 21.3. The first-order chi connectivity index (χ1) is 28.9. The smallest absolute Gasteiger partial charge is 0.239 e. The Morgan fingerprint density at radius 1 is 0.932 bits per heavy atom. The van der Waals surface area contributed by atoms with Crippen LogP contribution in [-0.4, -0.2) is 78.6 Å². The lowest BCUT2D eigenvalue weighted by atomic mass is 9.55. The van der Waals surface area contributed by atoms with Crippen molar-refractivity contribution >= 4 is 11.6 Å². The van der Waals surface area contributed by atoms with Gasteiger partial charge in [0.05, 0.1) is 31.8 Å². The van der Waals surface area contributed by atoms with Crippen molar-refractivity contribution in [1.82, 2.24) is 4.90 Å². The Morgan fingerprint density at radius 3 is 2.42 bits per heavy atom. The van der Waals surface area contributed by atoms with Crippen molar-refractivity contribution in [3.63, 3.8) is 0 Å². The minimum Gasteiger partial charge on any atom is -0.497 e. The molecule has 10 heteroatoms. The van der Waals surface area contributed by atoms with E-state index in [-0.39, 0.29) is 56.5 Å². The number of aliphatic hydroxyl groups is 2. The zero-order chi connectivity index (χ0) is 41.6. The molecule has 6 rings (SSSR count). The van der Waals surface area contributed by atoms with Crippen LogP contribution >= 0.6 is 0 Å². The predicted octanol–water partition coefficient (Wildman–Crippen LogP) is 8.58. The molecule has 316 valence electrons. The molecule has 10 nitrogen and oxygen atoms in total. The number of allylic oxidation sites excluding steroid dienone is 1. The number of rotatable bonds is 23. The molecule has 0 aromatic heterocycles. The van der Waals surface area contributed by atoms with Gasteiger partial charge in [0.1, 0.15) is 36.5 Å². The lowest BCUT2D eigenvalue weighted by Gasteiger charge is -2.60. The fraction of sp³-hybridized carbons (Fsp3) is 0.469. The Bertz CT molecular complexity index is 1910. The Hall–Kier alpha value is -4.90. The molecule has 2 aliphatic carbocycles. The number of aliphatic hydroxyl groups excluding tert-OH is 2. The van der Waals surface area contributed by atoms with Gasteiger partial charge in [0.25, 0.3) is 0 Å². The number of ether oxygens (including phenoxy) is 4. The van der Waals surface area contributed by atoms with Crippen molar-refractivity contribution in [3.8, 4) is 17.2 Å². The van der Waals surface area contributed by atoms with E-state index in [1.54, 1.807) is 19.3 Å². The molecule has 0 spiro atoms. The van der Waals surface area contributed by atoms with E-state index >= 15 is 0 Å². The number of carbonyl (C=O) groups is 1. The van der Waals surface area contributed by atoms with Gasteiger partial charge in [-0.2, -0.15) is 0 Å². The number of fused-ring (bicyclic) bond motifs is 2. The highest BCUT2D eigenvalue weighted by Crippen LogP contribution is 2.62. The van der Waals surface area contributed by atoms with Crippen LogP contribution in [0, 0.1) is 17.8 Å². The maximum absolute atomic E-state index is 14.9. The van der Waals surface area contributed by atoms with E-state index in [9.17, 15) is 15.0 Å². The minimum atomic E-state index is -1.33. The van der Waals surface area contributed by atoms with Crippen LogP contribution in [0.2, 0.25) is 0 Å². The Kier molecular flexibility index (Phi) is 15.8. The molecule has 3 aliphatic rings. The number of amides is 1. The number of carbonyl (C=O) groups excluding carboxylic acids is 1. The summed E-state index contributed by atoms with van der Waals surface area (Å²) < 4.78 is 26.1. The first kappa shape index (κ1) is 43.7. The third kappa shape index (κ3) is 10.1. The van der Waals surface area contributed by atoms with Crippen molar-refractivity contribution < 1.29 is 38.8 Å².